The van der Waals surface area contributed by atoms with Gasteiger partial charge in [0.2, 0.25) is 5.91 Å². The number of rotatable bonds is 6. The van der Waals surface area contributed by atoms with E-state index in [0.29, 0.717) is 19.0 Å². The van der Waals surface area contributed by atoms with E-state index in [1.54, 1.807) is 6.33 Å². The van der Waals surface area contributed by atoms with Gasteiger partial charge in [0, 0.05) is 19.0 Å². The van der Waals surface area contributed by atoms with Crippen molar-refractivity contribution in [3.8, 4) is 0 Å². The summed E-state index contributed by atoms with van der Waals surface area (Å²) in [6, 6.07) is 7.03. The van der Waals surface area contributed by atoms with Gasteiger partial charge in [-0.2, -0.15) is 0 Å². The minimum Gasteiger partial charge on any atom is -0.353 e. The molecular weight excluding hydrogens is 278 g/mol. The summed E-state index contributed by atoms with van der Waals surface area (Å²) in [6.07, 6.45) is 1.68. The second-order valence-electron chi connectivity index (χ2n) is 5.72. The number of amides is 1. The van der Waals surface area contributed by atoms with E-state index in [4.69, 9.17) is 5.73 Å². The maximum absolute atomic E-state index is 12.1. The van der Waals surface area contributed by atoms with Crippen molar-refractivity contribution in [1.82, 2.24) is 20.1 Å². The van der Waals surface area contributed by atoms with Crippen LogP contribution in [-0.4, -0.2) is 27.2 Å². The molecule has 0 saturated carbocycles. The lowest BCUT2D eigenvalue weighted by molar-refractivity contribution is -0.122. The van der Waals surface area contributed by atoms with E-state index in [9.17, 15) is 4.79 Å². The van der Waals surface area contributed by atoms with E-state index < -0.39 is 6.04 Å². The Kier molecular flexibility index (Phi) is 5.27. The highest BCUT2D eigenvalue weighted by Crippen LogP contribution is 2.12. The number of nitrogens with zero attached hydrogens (tertiary/aromatic N) is 3. The number of nitrogens with one attached hydrogen (secondary N) is 1. The lowest BCUT2D eigenvalue weighted by Crippen LogP contribution is -2.36. The van der Waals surface area contributed by atoms with Gasteiger partial charge in [-0.1, -0.05) is 43.7 Å². The third kappa shape index (κ3) is 3.92. The Morgan fingerprint density at radius 1 is 1.32 bits per heavy atom. The SMILES string of the molecule is Cc1ccc(C(N)C(=O)NCCn2cnnc2C(C)C)cc1. The van der Waals surface area contributed by atoms with Crippen LogP contribution in [0.1, 0.15) is 42.8 Å². The minimum atomic E-state index is -0.647. The molecule has 3 N–H and O–H groups in total. The third-order valence-corrected chi connectivity index (χ3v) is 3.53. The molecule has 0 bridgehead atoms. The Bertz CT molecular complexity index is 618. The number of carbonyl (C=O) groups is 1. The first-order valence-corrected chi connectivity index (χ1v) is 7.46. The summed E-state index contributed by atoms with van der Waals surface area (Å²) in [5.74, 6) is 1.04. The molecule has 1 heterocycles. The van der Waals surface area contributed by atoms with Gasteiger partial charge in [-0.25, -0.2) is 0 Å². The van der Waals surface area contributed by atoms with E-state index >= 15 is 0 Å². The lowest BCUT2D eigenvalue weighted by Gasteiger charge is -2.14. The van der Waals surface area contributed by atoms with Crippen LogP contribution in [0.15, 0.2) is 30.6 Å². The topological polar surface area (TPSA) is 85.8 Å². The van der Waals surface area contributed by atoms with Gasteiger partial charge >= 0.3 is 0 Å². The minimum absolute atomic E-state index is 0.178. The molecule has 6 heteroatoms. The first kappa shape index (κ1) is 16.2. The Labute approximate surface area is 130 Å². The van der Waals surface area contributed by atoms with Gasteiger partial charge in [0.25, 0.3) is 0 Å². The number of aryl methyl sites for hydroxylation is 1. The second-order valence-corrected chi connectivity index (χ2v) is 5.72. The van der Waals surface area contributed by atoms with Gasteiger partial charge in [-0.05, 0) is 12.5 Å². The van der Waals surface area contributed by atoms with Crippen molar-refractivity contribution >= 4 is 5.91 Å². The van der Waals surface area contributed by atoms with Crippen molar-refractivity contribution in [3.63, 3.8) is 0 Å². The molecule has 0 fully saturated rings. The van der Waals surface area contributed by atoms with Crippen LogP contribution in [0.3, 0.4) is 0 Å². The second kappa shape index (κ2) is 7.17. The van der Waals surface area contributed by atoms with Crippen molar-refractivity contribution in [2.24, 2.45) is 5.73 Å². The van der Waals surface area contributed by atoms with E-state index in [1.165, 1.54) is 0 Å². The fourth-order valence-corrected chi connectivity index (χ4v) is 2.22. The Hall–Kier alpha value is -2.21. The van der Waals surface area contributed by atoms with Crippen molar-refractivity contribution in [1.29, 1.82) is 0 Å². The van der Waals surface area contributed by atoms with E-state index in [-0.39, 0.29) is 5.91 Å². The fourth-order valence-electron chi connectivity index (χ4n) is 2.22. The van der Waals surface area contributed by atoms with Crippen LogP contribution in [0.4, 0.5) is 0 Å². The highest BCUT2D eigenvalue weighted by atomic mass is 16.2. The molecule has 22 heavy (non-hydrogen) atoms. The van der Waals surface area contributed by atoms with E-state index in [2.05, 4.69) is 29.4 Å². The molecule has 0 spiro atoms. The molecule has 0 saturated heterocycles. The average molecular weight is 301 g/mol. The van der Waals surface area contributed by atoms with Crippen molar-refractivity contribution in [2.45, 2.75) is 39.3 Å². The Morgan fingerprint density at radius 3 is 2.64 bits per heavy atom. The number of carbonyl (C=O) groups excluding carboxylic acids is 1. The van der Waals surface area contributed by atoms with Gasteiger partial charge in [-0.15, -0.1) is 10.2 Å². The van der Waals surface area contributed by atoms with Crippen molar-refractivity contribution < 1.29 is 4.79 Å². The van der Waals surface area contributed by atoms with Gasteiger partial charge in [0.1, 0.15) is 18.2 Å². The smallest absolute Gasteiger partial charge is 0.241 e. The molecule has 0 aliphatic carbocycles. The van der Waals surface area contributed by atoms with Crippen LogP contribution in [0.2, 0.25) is 0 Å². The molecule has 0 aliphatic heterocycles. The van der Waals surface area contributed by atoms with Crippen LogP contribution in [-0.2, 0) is 11.3 Å². The first-order valence-electron chi connectivity index (χ1n) is 7.46. The van der Waals surface area contributed by atoms with E-state index in [0.717, 1.165) is 17.0 Å². The predicted octanol–water partition coefficient (Wildman–Crippen LogP) is 1.53. The van der Waals surface area contributed by atoms with Gasteiger partial charge in [0.05, 0.1) is 0 Å². The predicted molar refractivity (Wildman–Crippen MR) is 85.2 cm³/mol. The van der Waals surface area contributed by atoms with Crippen LogP contribution in [0.25, 0.3) is 0 Å². The quantitative estimate of drug-likeness (QED) is 0.847. The molecule has 2 aromatic rings. The molecule has 1 atom stereocenters. The van der Waals surface area contributed by atoms with Gasteiger partial charge < -0.3 is 15.6 Å². The molecular formula is C16H23N5O. The summed E-state index contributed by atoms with van der Waals surface area (Å²) in [4.78, 5) is 12.1. The highest BCUT2D eigenvalue weighted by Gasteiger charge is 2.15. The molecule has 1 aromatic heterocycles. The first-order chi connectivity index (χ1) is 10.5. The monoisotopic (exact) mass is 301 g/mol. The molecule has 0 radical (unpaired) electrons. The average Bonchev–Trinajstić information content (AvgIpc) is 2.96. The van der Waals surface area contributed by atoms with Crippen LogP contribution < -0.4 is 11.1 Å². The van der Waals surface area contributed by atoms with Crippen molar-refractivity contribution in [2.75, 3.05) is 6.54 Å². The standard InChI is InChI=1S/C16H23N5O/c1-11(2)15-20-19-10-21(15)9-8-18-16(22)14(17)13-6-4-12(3)5-7-13/h4-7,10-11,14H,8-9,17H2,1-3H3,(H,18,22). The lowest BCUT2D eigenvalue weighted by atomic mass is 10.1. The maximum Gasteiger partial charge on any atom is 0.241 e. The number of nitrogens with two attached hydrogens (primary N) is 1. The third-order valence-electron chi connectivity index (χ3n) is 3.53. The summed E-state index contributed by atoms with van der Waals surface area (Å²) in [5.41, 5.74) is 7.94. The zero-order valence-corrected chi connectivity index (χ0v) is 13.3. The Balaban J connectivity index is 1.87. The van der Waals surface area contributed by atoms with Crippen molar-refractivity contribution in [3.05, 3.63) is 47.5 Å². The molecule has 2 rings (SSSR count). The van der Waals surface area contributed by atoms with Crippen LogP contribution >= 0.6 is 0 Å². The number of hydrogen-bond acceptors (Lipinski definition) is 4. The fraction of sp³-hybridized carbons (Fsp3) is 0.438. The molecule has 1 unspecified atom stereocenters. The van der Waals surface area contributed by atoms with Gasteiger partial charge in [0.15, 0.2) is 0 Å². The number of benzene rings is 1. The molecule has 1 aromatic carbocycles. The number of hydrogen-bond donors (Lipinski definition) is 2. The summed E-state index contributed by atoms with van der Waals surface area (Å²) >= 11 is 0. The largest absolute Gasteiger partial charge is 0.353 e. The van der Waals surface area contributed by atoms with E-state index in [1.807, 2.05) is 35.8 Å². The van der Waals surface area contributed by atoms with Crippen LogP contribution in [0.5, 0.6) is 0 Å². The zero-order valence-electron chi connectivity index (χ0n) is 13.3. The number of aromatic nitrogens is 3. The Morgan fingerprint density at radius 2 is 2.00 bits per heavy atom. The molecule has 118 valence electrons. The molecule has 0 aliphatic rings. The molecule has 6 nitrogen and oxygen atoms in total. The summed E-state index contributed by atoms with van der Waals surface area (Å²) in [7, 11) is 0. The normalized spacial score (nSPS) is 12.4. The summed E-state index contributed by atoms with van der Waals surface area (Å²) < 4.78 is 1.95. The highest BCUT2D eigenvalue weighted by molar-refractivity contribution is 5.82. The summed E-state index contributed by atoms with van der Waals surface area (Å²) in [5, 5.41) is 10.8. The zero-order chi connectivity index (χ0) is 16.1. The maximum atomic E-state index is 12.1. The van der Waals surface area contributed by atoms with Crippen LogP contribution in [0, 0.1) is 6.92 Å². The summed E-state index contributed by atoms with van der Waals surface area (Å²) in [6.45, 7) is 7.25. The molecule has 1 amide bonds. The van der Waals surface area contributed by atoms with Gasteiger partial charge in [-0.3, -0.25) is 4.79 Å².